The maximum absolute atomic E-state index is 13.3. The van der Waals surface area contributed by atoms with Crippen molar-refractivity contribution in [3.63, 3.8) is 0 Å². The molecule has 7 heteroatoms. The Balaban J connectivity index is 1.85. The van der Waals surface area contributed by atoms with E-state index in [0.717, 1.165) is 40.9 Å². The SMILES string of the molecule is CCCCNC(=O)N(CC(=O)Nc1cc(C(C)(C)C)nn1-c1ccc(C)cc1C)Cc1ccccc1. The maximum atomic E-state index is 13.3. The van der Waals surface area contributed by atoms with E-state index in [9.17, 15) is 9.59 Å². The molecule has 0 radical (unpaired) electrons. The molecule has 0 spiro atoms. The molecule has 1 aromatic heterocycles. The minimum Gasteiger partial charge on any atom is -0.338 e. The molecule has 3 amide bonds. The molecule has 0 saturated heterocycles. The van der Waals surface area contributed by atoms with E-state index in [1.807, 2.05) is 55.5 Å². The smallest absolute Gasteiger partial charge is 0.318 e. The van der Waals surface area contributed by atoms with E-state index in [4.69, 9.17) is 5.10 Å². The van der Waals surface area contributed by atoms with Crippen molar-refractivity contribution in [1.82, 2.24) is 20.0 Å². The zero-order valence-electron chi connectivity index (χ0n) is 22.4. The van der Waals surface area contributed by atoms with E-state index >= 15 is 0 Å². The van der Waals surface area contributed by atoms with Crippen molar-refractivity contribution in [2.75, 3.05) is 18.4 Å². The molecule has 0 unspecified atom stereocenters. The van der Waals surface area contributed by atoms with Gasteiger partial charge in [-0.25, -0.2) is 9.48 Å². The van der Waals surface area contributed by atoms with Gasteiger partial charge in [0, 0.05) is 24.6 Å². The third kappa shape index (κ3) is 7.20. The number of benzene rings is 2. The first kappa shape index (κ1) is 27.0. The quantitative estimate of drug-likeness (QED) is 0.376. The fourth-order valence-electron chi connectivity index (χ4n) is 3.91. The summed E-state index contributed by atoms with van der Waals surface area (Å²) >= 11 is 0. The molecule has 36 heavy (non-hydrogen) atoms. The third-order valence-corrected chi connectivity index (χ3v) is 5.97. The molecule has 0 atom stereocenters. The Morgan fingerprint density at radius 2 is 1.75 bits per heavy atom. The lowest BCUT2D eigenvalue weighted by atomic mass is 9.92. The third-order valence-electron chi connectivity index (χ3n) is 5.97. The summed E-state index contributed by atoms with van der Waals surface area (Å²) in [6, 6.07) is 17.5. The van der Waals surface area contributed by atoms with Crippen LogP contribution in [0.2, 0.25) is 0 Å². The number of rotatable bonds is 9. The highest BCUT2D eigenvalue weighted by atomic mass is 16.2. The van der Waals surface area contributed by atoms with Crippen molar-refractivity contribution in [2.45, 2.75) is 66.3 Å². The Labute approximate surface area is 214 Å². The molecule has 2 N–H and O–H groups in total. The molecule has 3 aromatic rings. The molecule has 0 saturated carbocycles. The molecule has 0 aliphatic carbocycles. The van der Waals surface area contributed by atoms with Crippen LogP contribution in [0.5, 0.6) is 0 Å². The second-order valence-corrected chi connectivity index (χ2v) is 10.3. The van der Waals surface area contributed by atoms with Crippen LogP contribution in [-0.4, -0.2) is 39.7 Å². The van der Waals surface area contributed by atoms with Gasteiger partial charge in [-0.2, -0.15) is 5.10 Å². The van der Waals surface area contributed by atoms with Crippen LogP contribution in [0.1, 0.15) is 62.9 Å². The topological polar surface area (TPSA) is 79.3 Å². The minimum absolute atomic E-state index is 0.0736. The summed E-state index contributed by atoms with van der Waals surface area (Å²) in [5, 5.41) is 10.8. The highest BCUT2D eigenvalue weighted by Crippen LogP contribution is 2.27. The molecule has 7 nitrogen and oxygen atoms in total. The number of unbranched alkanes of at least 4 members (excludes halogenated alkanes) is 1. The molecule has 2 aromatic carbocycles. The maximum Gasteiger partial charge on any atom is 0.318 e. The van der Waals surface area contributed by atoms with Gasteiger partial charge in [-0.1, -0.05) is 82.1 Å². The van der Waals surface area contributed by atoms with Gasteiger partial charge >= 0.3 is 6.03 Å². The second kappa shape index (κ2) is 11.9. The predicted molar refractivity (Wildman–Crippen MR) is 146 cm³/mol. The lowest BCUT2D eigenvalue weighted by molar-refractivity contribution is -0.116. The van der Waals surface area contributed by atoms with E-state index in [1.54, 1.807) is 9.58 Å². The summed E-state index contributed by atoms with van der Waals surface area (Å²) in [6.07, 6.45) is 1.87. The van der Waals surface area contributed by atoms with E-state index in [0.29, 0.717) is 18.9 Å². The number of hydrogen-bond acceptors (Lipinski definition) is 3. The van der Waals surface area contributed by atoms with Crippen molar-refractivity contribution in [3.8, 4) is 5.69 Å². The minimum atomic E-state index is -0.275. The van der Waals surface area contributed by atoms with Gasteiger partial charge in [0.25, 0.3) is 0 Å². The number of aryl methyl sites for hydroxylation is 2. The monoisotopic (exact) mass is 489 g/mol. The predicted octanol–water partition coefficient (Wildman–Crippen LogP) is 5.74. The summed E-state index contributed by atoms with van der Waals surface area (Å²) in [5.41, 5.74) is 4.78. The van der Waals surface area contributed by atoms with Crippen LogP contribution >= 0.6 is 0 Å². The van der Waals surface area contributed by atoms with E-state index in [1.165, 1.54) is 0 Å². The first-order valence-corrected chi connectivity index (χ1v) is 12.6. The van der Waals surface area contributed by atoms with Crippen molar-refractivity contribution in [2.24, 2.45) is 0 Å². The number of nitrogens with zero attached hydrogens (tertiary/aromatic N) is 3. The Hall–Kier alpha value is -3.61. The van der Waals surface area contributed by atoms with Crippen LogP contribution in [0.3, 0.4) is 0 Å². The Morgan fingerprint density at radius 3 is 2.39 bits per heavy atom. The number of carbonyl (C=O) groups excluding carboxylic acids is 2. The van der Waals surface area contributed by atoms with Crippen LogP contribution in [0, 0.1) is 13.8 Å². The van der Waals surface area contributed by atoms with Crippen LogP contribution < -0.4 is 10.6 Å². The van der Waals surface area contributed by atoms with Crippen LogP contribution in [0.4, 0.5) is 10.6 Å². The van der Waals surface area contributed by atoms with Crippen molar-refractivity contribution in [1.29, 1.82) is 0 Å². The number of aromatic nitrogens is 2. The van der Waals surface area contributed by atoms with Gasteiger partial charge in [-0.15, -0.1) is 0 Å². The number of hydrogen-bond donors (Lipinski definition) is 2. The van der Waals surface area contributed by atoms with E-state index < -0.39 is 0 Å². The Morgan fingerprint density at radius 1 is 1.03 bits per heavy atom. The van der Waals surface area contributed by atoms with E-state index in [-0.39, 0.29) is 23.9 Å². The molecular formula is C29H39N5O2. The van der Waals surface area contributed by atoms with Gasteiger partial charge in [-0.3, -0.25) is 4.79 Å². The number of urea groups is 1. The molecule has 192 valence electrons. The summed E-state index contributed by atoms with van der Waals surface area (Å²) in [7, 11) is 0. The number of nitrogens with one attached hydrogen (secondary N) is 2. The zero-order valence-corrected chi connectivity index (χ0v) is 22.4. The van der Waals surface area contributed by atoms with Crippen molar-refractivity contribution in [3.05, 3.63) is 77.0 Å². The summed E-state index contributed by atoms with van der Waals surface area (Å²) in [6.45, 7) is 13.3. The molecular weight excluding hydrogens is 450 g/mol. The van der Waals surface area contributed by atoms with Gasteiger partial charge < -0.3 is 15.5 Å². The standard InChI is InChI=1S/C29H39N5O2/c1-7-8-16-30-28(36)33(19-23-12-10-9-11-13-23)20-27(35)31-26-18-25(29(4,5)6)32-34(26)24-15-14-21(2)17-22(24)3/h9-15,17-18H,7-8,16,19-20H2,1-6H3,(H,30,36)(H,31,35). The largest absolute Gasteiger partial charge is 0.338 e. The molecule has 0 aliphatic heterocycles. The lowest BCUT2D eigenvalue weighted by Gasteiger charge is -2.23. The summed E-state index contributed by atoms with van der Waals surface area (Å²) in [5.74, 6) is 0.311. The number of anilines is 1. The summed E-state index contributed by atoms with van der Waals surface area (Å²) < 4.78 is 1.79. The normalized spacial score (nSPS) is 11.3. The molecule has 1 heterocycles. The number of carbonyl (C=O) groups is 2. The van der Waals surface area contributed by atoms with Crippen LogP contribution in [-0.2, 0) is 16.8 Å². The average molecular weight is 490 g/mol. The van der Waals surface area contributed by atoms with Crippen LogP contribution in [0.25, 0.3) is 5.69 Å². The molecule has 0 fully saturated rings. The molecule has 0 bridgehead atoms. The Bertz CT molecular complexity index is 1180. The molecule has 3 rings (SSSR count). The number of amides is 3. The highest BCUT2D eigenvalue weighted by Gasteiger charge is 2.23. The van der Waals surface area contributed by atoms with Crippen molar-refractivity contribution < 1.29 is 9.59 Å². The van der Waals surface area contributed by atoms with Gasteiger partial charge in [0.2, 0.25) is 5.91 Å². The van der Waals surface area contributed by atoms with Gasteiger partial charge in [-0.05, 0) is 37.5 Å². The molecule has 0 aliphatic rings. The fourth-order valence-corrected chi connectivity index (χ4v) is 3.91. The average Bonchev–Trinajstić information content (AvgIpc) is 3.23. The van der Waals surface area contributed by atoms with Crippen molar-refractivity contribution >= 4 is 17.8 Å². The Kier molecular flexibility index (Phi) is 8.91. The first-order valence-electron chi connectivity index (χ1n) is 12.6. The van der Waals surface area contributed by atoms with Gasteiger partial charge in [0.15, 0.2) is 0 Å². The first-order chi connectivity index (χ1) is 17.1. The second-order valence-electron chi connectivity index (χ2n) is 10.3. The fraction of sp³-hybridized carbons (Fsp3) is 0.414. The lowest BCUT2D eigenvalue weighted by Crippen LogP contribution is -2.44. The zero-order chi connectivity index (χ0) is 26.3. The van der Waals surface area contributed by atoms with Gasteiger partial charge in [0.1, 0.15) is 12.4 Å². The summed E-state index contributed by atoms with van der Waals surface area (Å²) in [4.78, 5) is 27.7. The van der Waals surface area contributed by atoms with E-state index in [2.05, 4.69) is 51.3 Å². The van der Waals surface area contributed by atoms with Gasteiger partial charge in [0.05, 0.1) is 11.4 Å². The van der Waals surface area contributed by atoms with Crippen LogP contribution in [0.15, 0.2) is 54.6 Å². The highest BCUT2D eigenvalue weighted by molar-refractivity contribution is 5.94.